The zero-order valence-electron chi connectivity index (χ0n) is 14.4. The largest absolute Gasteiger partial charge is 0.477 e. The van der Waals surface area contributed by atoms with Crippen LogP contribution in [0.2, 0.25) is 0 Å². The number of carbonyl (C=O) groups excluding carboxylic acids is 1. The number of piperidine rings is 1. The van der Waals surface area contributed by atoms with Crippen LogP contribution >= 0.6 is 0 Å². The van der Waals surface area contributed by atoms with Gasteiger partial charge in [-0.15, -0.1) is 0 Å². The Hall–Kier alpha value is -2.69. The number of rotatable bonds is 4. The molecule has 1 aliphatic rings. The summed E-state index contributed by atoms with van der Waals surface area (Å²) < 4.78 is 23.7. The molecule has 9 nitrogen and oxygen atoms in total. The predicted octanol–water partition coefficient (Wildman–Crippen LogP) is 0.468. The Morgan fingerprint density at radius 2 is 1.81 bits per heavy atom. The van der Waals surface area contributed by atoms with Gasteiger partial charge in [-0.1, -0.05) is 12.1 Å². The highest BCUT2D eigenvalue weighted by Crippen LogP contribution is 2.27. The lowest BCUT2D eigenvalue weighted by molar-refractivity contribution is 0.0687. The topological polar surface area (TPSA) is 149 Å². The van der Waals surface area contributed by atoms with Gasteiger partial charge in [0.25, 0.3) is 5.91 Å². The zero-order valence-corrected chi connectivity index (χ0v) is 15.2. The van der Waals surface area contributed by atoms with Crippen molar-refractivity contribution in [2.24, 2.45) is 10.9 Å². The molecule has 0 aliphatic carbocycles. The number of carboxylic acids is 1. The van der Waals surface area contributed by atoms with Gasteiger partial charge in [-0.3, -0.25) is 4.79 Å². The summed E-state index contributed by atoms with van der Waals surface area (Å²) >= 11 is 0. The van der Waals surface area contributed by atoms with Crippen molar-refractivity contribution < 1.29 is 23.1 Å². The fraction of sp³-hybridized carbons (Fsp3) is 0.294. The summed E-state index contributed by atoms with van der Waals surface area (Å²) in [5, 5.41) is 14.5. The third kappa shape index (κ3) is 3.87. The number of amides is 1. The molecule has 1 amide bonds. The molecule has 2 heterocycles. The first-order valence-electron chi connectivity index (χ1n) is 8.31. The summed E-state index contributed by atoms with van der Waals surface area (Å²) in [6, 6.07) is 7.86. The predicted molar refractivity (Wildman–Crippen MR) is 98.4 cm³/mol. The van der Waals surface area contributed by atoms with Gasteiger partial charge >= 0.3 is 16.2 Å². The van der Waals surface area contributed by atoms with E-state index < -0.39 is 21.9 Å². The van der Waals surface area contributed by atoms with Crippen LogP contribution in [0.25, 0.3) is 11.1 Å². The number of nitrogens with two attached hydrogens (primary N) is 2. The lowest BCUT2D eigenvalue weighted by Crippen LogP contribution is -2.42. The molecule has 0 saturated carbocycles. The minimum absolute atomic E-state index is 0.0940. The van der Waals surface area contributed by atoms with Crippen LogP contribution < -0.4 is 10.9 Å². The van der Waals surface area contributed by atoms with Crippen molar-refractivity contribution in [2.75, 3.05) is 13.1 Å². The SMILES string of the molecule is NC1CCN(C(=O)c2cccc(-c3ccn(S(N)(=O)=O)c3C(=O)O)c2)CC1. The van der Waals surface area contributed by atoms with Crippen LogP contribution in [-0.4, -0.2) is 53.4 Å². The van der Waals surface area contributed by atoms with Crippen molar-refractivity contribution in [3.05, 3.63) is 47.8 Å². The van der Waals surface area contributed by atoms with Crippen molar-refractivity contribution in [3.63, 3.8) is 0 Å². The Balaban J connectivity index is 1.98. The number of aromatic carboxylic acids is 1. The van der Waals surface area contributed by atoms with Gasteiger partial charge in [-0.25, -0.2) is 13.9 Å². The summed E-state index contributed by atoms with van der Waals surface area (Å²) in [5.74, 6) is -1.61. The number of carboxylic acid groups (broad SMARTS) is 1. The molecule has 1 aromatic carbocycles. The van der Waals surface area contributed by atoms with Crippen molar-refractivity contribution >= 4 is 22.1 Å². The van der Waals surface area contributed by atoms with Gasteiger partial charge in [-0.05, 0) is 36.6 Å². The van der Waals surface area contributed by atoms with Crippen LogP contribution in [0.4, 0.5) is 0 Å². The van der Waals surface area contributed by atoms with Gasteiger partial charge in [0.15, 0.2) is 5.69 Å². The van der Waals surface area contributed by atoms with E-state index in [-0.39, 0.29) is 17.5 Å². The summed E-state index contributed by atoms with van der Waals surface area (Å²) in [7, 11) is -4.27. The van der Waals surface area contributed by atoms with E-state index in [1.807, 2.05) is 0 Å². The molecule has 0 atom stereocenters. The quantitative estimate of drug-likeness (QED) is 0.688. The lowest BCUT2D eigenvalue weighted by Gasteiger charge is -2.30. The van der Waals surface area contributed by atoms with Crippen LogP contribution in [0.15, 0.2) is 36.5 Å². The Labute approximate surface area is 156 Å². The smallest absolute Gasteiger partial charge is 0.354 e. The van der Waals surface area contributed by atoms with E-state index in [2.05, 4.69) is 0 Å². The molecule has 10 heteroatoms. The number of aromatic nitrogens is 1. The molecule has 1 saturated heterocycles. The van der Waals surface area contributed by atoms with E-state index in [9.17, 15) is 23.1 Å². The molecule has 27 heavy (non-hydrogen) atoms. The van der Waals surface area contributed by atoms with Gasteiger partial charge in [0, 0.05) is 36.5 Å². The highest BCUT2D eigenvalue weighted by Gasteiger charge is 2.25. The van der Waals surface area contributed by atoms with Crippen LogP contribution in [-0.2, 0) is 10.2 Å². The molecule has 1 aromatic heterocycles. The third-order valence-electron chi connectivity index (χ3n) is 4.58. The second-order valence-electron chi connectivity index (χ2n) is 6.43. The van der Waals surface area contributed by atoms with Gasteiger partial charge in [0.2, 0.25) is 0 Å². The second-order valence-corrected chi connectivity index (χ2v) is 7.86. The minimum atomic E-state index is -4.27. The van der Waals surface area contributed by atoms with E-state index in [0.717, 1.165) is 19.0 Å². The molecule has 0 radical (unpaired) electrons. The van der Waals surface area contributed by atoms with Crippen LogP contribution in [0.5, 0.6) is 0 Å². The average molecular weight is 392 g/mol. The summed E-state index contributed by atoms with van der Waals surface area (Å²) in [6.45, 7) is 1.12. The Morgan fingerprint density at radius 3 is 2.41 bits per heavy atom. The Kier molecular flexibility index (Phi) is 5.05. The molecule has 1 aliphatic heterocycles. The van der Waals surface area contributed by atoms with Crippen molar-refractivity contribution in [3.8, 4) is 11.1 Å². The maximum absolute atomic E-state index is 12.7. The number of benzene rings is 1. The van der Waals surface area contributed by atoms with Gasteiger partial charge in [0.1, 0.15) is 0 Å². The van der Waals surface area contributed by atoms with Crippen molar-refractivity contribution in [1.29, 1.82) is 0 Å². The fourth-order valence-electron chi connectivity index (χ4n) is 3.17. The zero-order chi connectivity index (χ0) is 19.8. The molecule has 3 rings (SSSR count). The number of nitrogens with zero attached hydrogens (tertiary/aromatic N) is 2. The molecule has 1 fully saturated rings. The monoisotopic (exact) mass is 392 g/mol. The Morgan fingerprint density at radius 1 is 1.15 bits per heavy atom. The maximum Gasteiger partial charge on any atom is 0.354 e. The van der Waals surface area contributed by atoms with Gasteiger partial charge < -0.3 is 15.7 Å². The molecular formula is C17H20N4O5S. The van der Waals surface area contributed by atoms with Gasteiger partial charge in [-0.2, -0.15) is 8.42 Å². The lowest BCUT2D eigenvalue weighted by atomic mass is 10.0. The molecular weight excluding hydrogens is 372 g/mol. The van der Waals surface area contributed by atoms with Crippen LogP contribution in [0.3, 0.4) is 0 Å². The van der Waals surface area contributed by atoms with E-state index >= 15 is 0 Å². The van der Waals surface area contributed by atoms with E-state index in [4.69, 9.17) is 10.9 Å². The van der Waals surface area contributed by atoms with Crippen LogP contribution in [0.1, 0.15) is 33.7 Å². The molecule has 0 spiro atoms. The first kappa shape index (κ1) is 19.1. The third-order valence-corrected chi connectivity index (χ3v) is 5.43. The minimum Gasteiger partial charge on any atom is -0.477 e. The number of likely N-dealkylation sites (tertiary alicyclic amines) is 1. The molecule has 144 valence electrons. The highest BCUT2D eigenvalue weighted by molar-refractivity contribution is 7.87. The normalized spacial score (nSPS) is 15.7. The summed E-state index contributed by atoms with van der Waals surface area (Å²) in [5.41, 5.74) is 6.34. The first-order chi connectivity index (χ1) is 12.7. The number of hydrogen-bond donors (Lipinski definition) is 3. The average Bonchev–Trinajstić information content (AvgIpc) is 3.08. The standard InChI is InChI=1S/C17H20N4O5S/c18-13-4-7-20(8-5-13)16(22)12-3-1-2-11(10-12)14-6-9-21(27(19,25)26)15(14)17(23)24/h1-3,6,9-10,13H,4-5,7-8,18H2,(H,23,24)(H2,19,25,26). The van der Waals surface area contributed by atoms with Gasteiger partial charge in [0.05, 0.1) is 0 Å². The highest BCUT2D eigenvalue weighted by atomic mass is 32.2. The molecule has 5 N–H and O–H groups in total. The summed E-state index contributed by atoms with van der Waals surface area (Å²) in [6.07, 6.45) is 2.53. The first-order valence-corrected chi connectivity index (χ1v) is 9.82. The van der Waals surface area contributed by atoms with Crippen LogP contribution in [0, 0.1) is 0 Å². The number of hydrogen-bond acceptors (Lipinski definition) is 5. The molecule has 0 unspecified atom stereocenters. The molecule has 0 bridgehead atoms. The van der Waals surface area contributed by atoms with Crippen molar-refractivity contribution in [2.45, 2.75) is 18.9 Å². The van der Waals surface area contributed by atoms with E-state index in [0.29, 0.717) is 28.2 Å². The summed E-state index contributed by atoms with van der Waals surface area (Å²) in [4.78, 5) is 26.0. The second kappa shape index (κ2) is 7.14. The number of carbonyl (C=O) groups is 2. The fourth-order valence-corrected chi connectivity index (χ4v) is 3.84. The van der Waals surface area contributed by atoms with E-state index in [1.165, 1.54) is 6.07 Å². The Bertz CT molecular complexity index is 991. The molecule has 2 aromatic rings. The van der Waals surface area contributed by atoms with Crippen molar-refractivity contribution in [1.82, 2.24) is 8.87 Å². The van der Waals surface area contributed by atoms with E-state index in [1.54, 1.807) is 29.2 Å². The maximum atomic E-state index is 12.7.